The van der Waals surface area contributed by atoms with Crippen molar-refractivity contribution in [3.05, 3.63) is 62.8 Å². The van der Waals surface area contributed by atoms with Gasteiger partial charge in [0.1, 0.15) is 0 Å². The molecule has 94 valence electrons. The molecule has 0 unspecified atom stereocenters. The molecule has 0 atom stereocenters. The first-order chi connectivity index (χ1) is 8.66. The smallest absolute Gasteiger partial charge is 0.0551 e. The Balaban J connectivity index is 1.92. The van der Waals surface area contributed by atoms with Gasteiger partial charge in [0, 0.05) is 30.0 Å². The molecule has 0 amide bonds. The third-order valence-corrected chi connectivity index (χ3v) is 4.00. The number of aryl methyl sites for hydroxylation is 1. The highest BCUT2D eigenvalue weighted by Gasteiger charge is 2.00. The Morgan fingerprint density at radius 3 is 2.83 bits per heavy atom. The number of nitrogens with zero attached hydrogens (tertiary/aromatic N) is 1. The molecule has 0 aliphatic carbocycles. The minimum atomic E-state index is 0.745. The fourth-order valence-corrected chi connectivity index (χ4v) is 2.14. The van der Waals surface area contributed by atoms with Gasteiger partial charge in [-0.25, -0.2) is 0 Å². The quantitative estimate of drug-likeness (QED) is 0.915. The minimum absolute atomic E-state index is 0.745. The van der Waals surface area contributed by atoms with Gasteiger partial charge in [-0.2, -0.15) is 0 Å². The lowest BCUT2D eigenvalue weighted by Crippen LogP contribution is -2.13. The van der Waals surface area contributed by atoms with Gasteiger partial charge in [0.25, 0.3) is 0 Å². The second-order valence-corrected chi connectivity index (χ2v) is 5.42. The van der Waals surface area contributed by atoms with Crippen LogP contribution in [0.5, 0.6) is 0 Å². The van der Waals surface area contributed by atoms with Gasteiger partial charge in [-0.05, 0) is 57.7 Å². The molecule has 1 heterocycles. The van der Waals surface area contributed by atoms with Crippen LogP contribution in [-0.4, -0.2) is 4.98 Å². The fourth-order valence-electron chi connectivity index (χ4n) is 1.69. The van der Waals surface area contributed by atoms with Crippen molar-refractivity contribution in [3.8, 4) is 0 Å². The molecule has 0 bridgehead atoms. The highest BCUT2D eigenvalue weighted by Crippen LogP contribution is 2.23. The summed E-state index contributed by atoms with van der Waals surface area (Å²) >= 11 is 9.44. The normalized spacial score (nSPS) is 10.6. The predicted octanol–water partition coefficient (Wildman–Crippen LogP) is 4.10. The lowest BCUT2D eigenvalue weighted by atomic mass is 10.1. The van der Waals surface area contributed by atoms with E-state index < -0.39 is 0 Å². The molecule has 18 heavy (non-hydrogen) atoms. The van der Waals surface area contributed by atoms with E-state index in [1.54, 1.807) is 0 Å². The average Bonchev–Trinajstić information content (AvgIpc) is 2.36. The molecule has 0 aliphatic heterocycles. The summed E-state index contributed by atoms with van der Waals surface area (Å²) in [6.07, 6.45) is 3.70. The topological polar surface area (TPSA) is 24.9 Å². The molecule has 0 saturated heterocycles. The molecule has 2 aromatic rings. The van der Waals surface area contributed by atoms with Gasteiger partial charge < -0.3 is 5.32 Å². The highest BCUT2D eigenvalue weighted by atomic mass is 79.9. The largest absolute Gasteiger partial charge is 0.309 e. The fraction of sp³-hybridized carbons (Fsp3) is 0.214. The maximum Gasteiger partial charge on any atom is 0.0551 e. The van der Waals surface area contributed by atoms with Crippen LogP contribution in [0.2, 0.25) is 5.02 Å². The third kappa shape index (κ3) is 3.55. The first-order valence-electron chi connectivity index (χ1n) is 5.71. The van der Waals surface area contributed by atoms with Crippen LogP contribution in [0.3, 0.4) is 0 Å². The number of nitrogens with one attached hydrogen (secondary N) is 1. The van der Waals surface area contributed by atoms with Crippen LogP contribution in [0, 0.1) is 6.92 Å². The van der Waals surface area contributed by atoms with Gasteiger partial charge >= 0.3 is 0 Å². The SMILES string of the molecule is Cc1cnccc1CNCc1ccc(Br)c(Cl)c1. The molecule has 4 heteroatoms. The van der Waals surface area contributed by atoms with Crippen molar-refractivity contribution < 1.29 is 0 Å². The molecule has 0 radical (unpaired) electrons. The maximum atomic E-state index is 6.05. The van der Waals surface area contributed by atoms with Crippen molar-refractivity contribution in [2.75, 3.05) is 0 Å². The van der Waals surface area contributed by atoms with E-state index >= 15 is 0 Å². The number of pyridine rings is 1. The summed E-state index contributed by atoms with van der Waals surface area (Å²) in [5.74, 6) is 0. The zero-order chi connectivity index (χ0) is 13.0. The third-order valence-electron chi connectivity index (χ3n) is 2.77. The lowest BCUT2D eigenvalue weighted by Gasteiger charge is -2.08. The number of halogens is 2. The van der Waals surface area contributed by atoms with Gasteiger partial charge in [0.2, 0.25) is 0 Å². The van der Waals surface area contributed by atoms with Crippen molar-refractivity contribution in [1.82, 2.24) is 10.3 Å². The van der Waals surface area contributed by atoms with Crippen molar-refractivity contribution >= 4 is 27.5 Å². The first kappa shape index (κ1) is 13.5. The van der Waals surface area contributed by atoms with Gasteiger partial charge in [0.05, 0.1) is 5.02 Å². The molecule has 0 aliphatic rings. The molecule has 0 saturated carbocycles. The number of aromatic nitrogens is 1. The Hall–Kier alpha value is -0.900. The van der Waals surface area contributed by atoms with Crippen molar-refractivity contribution in [2.45, 2.75) is 20.0 Å². The number of hydrogen-bond donors (Lipinski definition) is 1. The van der Waals surface area contributed by atoms with Crippen LogP contribution in [0.15, 0.2) is 41.1 Å². The van der Waals surface area contributed by atoms with Crippen LogP contribution in [0.25, 0.3) is 0 Å². The zero-order valence-electron chi connectivity index (χ0n) is 10.1. The van der Waals surface area contributed by atoms with E-state index in [1.807, 2.05) is 30.6 Å². The van der Waals surface area contributed by atoms with E-state index in [-0.39, 0.29) is 0 Å². The zero-order valence-corrected chi connectivity index (χ0v) is 12.4. The molecule has 1 aromatic heterocycles. The van der Waals surface area contributed by atoms with Crippen LogP contribution in [0.4, 0.5) is 0 Å². The summed E-state index contributed by atoms with van der Waals surface area (Å²) in [6, 6.07) is 8.04. The minimum Gasteiger partial charge on any atom is -0.309 e. The Labute approximate surface area is 121 Å². The monoisotopic (exact) mass is 324 g/mol. The molecule has 1 aromatic carbocycles. The van der Waals surface area contributed by atoms with Gasteiger partial charge in [-0.3, -0.25) is 4.98 Å². The van der Waals surface area contributed by atoms with Crippen LogP contribution >= 0.6 is 27.5 Å². The summed E-state index contributed by atoms with van der Waals surface area (Å²) in [6.45, 7) is 3.71. The van der Waals surface area contributed by atoms with Crippen molar-refractivity contribution in [1.29, 1.82) is 0 Å². The Morgan fingerprint density at radius 2 is 2.11 bits per heavy atom. The van der Waals surface area contributed by atoms with Crippen LogP contribution in [-0.2, 0) is 13.1 Å². The molecule has 2 nitrogen and oxygen atoms in total. The van der Waals surface area contributed by atoms with Crippen molar-refractivity contribution in [2.24, 2.45) is 0 Å². The first-order valence-corrected chi connectivity index (χ1v) is 6.88. The van der Waals surface area contributed by atoms with Crippen LogP contribution in [0.1, 0.15) is 16.7 Å². The molecular formula is C14H14BrClN2. The van der Waals surface area contributed by atoms with Gasteiger partial charge in [-0.15, -0.1) is 0 Å². The van der Waals surface area contributed by atoms with Crippen LogP contribution < -0.4 is 5.32 Å². The maximum absolute atomic E-state index is 6.05. The summed E-state index contributed by atoms with van der Waals surface area (Å²) in [5.41, 5.74) is 3.65. The Bertz CT molecular complexity index is 543. The molecule has 0 fully saturated rings. The van der Waals surface area contributed by atoms with E-state index in [9.17, 15) is 0 Å². The second kappa shape index (κ2) is 6.32. The second-order valence-electron chi connectivity index (χ2n) is 4.15. The molecule has 0 spiro atoms. The van der Waals surface area contributed by atoms with E-state index in [1.165, 1.54) is 16.7 Å². The standard InChI is InChI=1S/C14H14BrClN2/c1-10-7-17-5-4-12(10)9-18-8-11-2-3-13(15)14(16)6-11/h2-7,18H,8-9H2,1H3. The van der Waals surface area contributed by atoms with Gasteiger partial charge in [0.15, 0.2) is 0 Å². The van der Waals surface area contributed by atoms with Crippen molar-refractivity contribution in [3.63, 3.8) is 0 Å². The average molecular weight is 326 g/mol. The van der Waals surface area contributed by atoms with Gasteiger partial charge in [-0.1, -0.05) is 17.7 Å². The highest BCUT2D eigenvalue weighted by molar-refractivity contribution is 9.10. The van der Waals surface area contributed by atoms with E-state index in [4.69, 9.17) is 11.6 Å². The van der Waals surface area contributed by atoms with E-state index in [0.717, 1.165) is 22.6 Å². The predicted molar refractivity (Wildman–Crippen MR) is 78.7 cm³/mol. The molecule has 2 rings (SSSR count). The number of hydrogen-bond acceptors (Lipinski definition) is 2. The summed E-state index contributed by atoms with van der Waals surface area (Å²) in [5, 5.41) is 4.15. The van der Waals surface area contributed by atoms with E-state index in [2.05, 4.69) is 39.2 Å². The molecule has 1 N–H and O–H groups in total. The number of rotatable bonds is 4. The number of benzene rings is 1. The summed E-state index contributed by atoms with van der Waals surface area (Å²) in [7, 11) is 0. The Kier molecular flexibility index (Phi) is 4.75. The summed E-state index contributed by atoms with van der Waals surface area (Å²) in [4.78, 5) is 4.08. The Morgan fingerprint density at radius 1 is 1.28 bits per heavy atom. The summed E-state index contributed by atoms with van der Waals surface area (Å²) < 4.78 is 0.929. The lowest BCUT2D eigenvalue weighted by molar-refractivity contribution is 0.689. The molecular weight excluding hydrogens is 312 g/mol. The van der Waals surface area contributed by atoms with E-state index in [0.29, 0.717) is 0 Å².